The van der Waals surface area contributed by atoms with E-state index < -0.39 is 0 Å². The van der Waals surface area contributed by atoms with Gasteiger partial charge in [0.05, 0.1) is 0 Å². The van der Waals surface area contributed by atoms with Crippen molar-refractivity contribution in [3.8, 4) is 0 Å². The summed E-state index contributed by atoms with van der Waals surface area (Å²) < 4.78 is 0. The molecular formula is C14H30N2. The Hall–Kier alpha value is -0.0800. The zero-order chi connectivity index (χ0) is 12.0. The number of nitrogens with zero attached hydrogens (tertiary/aromatic N) is 1. The molecule has 1 aliphatic heterocycles. The van der Waals surface area contributed by atoms with Gasteiger partial charge in [0.1, 0.15) is 0 Å². The lowest BCUT2D eigenvalue weighted by Gasteiger charge is -2.27. The number of hydrogen-bond acceptors (Lipinski definition) is 2. The van der Waals surface area contributed by atoms with Gasteiger partial charge in [0.2, 0.25) is 0 Å². The molecule has 0 aromatic carbocycles. The second-order valence-electron chi connectivity index (χ2n) is 5.50. The Morgan fingerprint density at radius 3 is 2.62 bits per heavy atom. The monoisotopic (exact) mass is 226 g/mol. The first-order valence-electron chi connectivity index (χ1n) is 7.14. The summed E-state index contributed by atoms with van der Waals surface area (Å²) >= 11 is 0. The molecule has 16 heavy (non-hydrogen) atoms. The van der Waals surface area contributed by atoms with Crippen molar-refractivity contribution >= 4 is 0 Å². The summed E-state index contributed by atoms with van der Waals surface area (Å²) in [5.74, 6) is 0.960. The SMILES string of the molecule is CCCNC(C)CC(C)N1CCC(CC)C1. The Balaban J connectivity index is 2.21. The highest BCUT2D eigenvalue weighted by Crippen LogP contribution is 2.22. The van der Waals surface area contributed by atoms with Crippen molar-refractivity contribution in [2.45, 2.75) is 65.5 Å². The van der Waals surface area contributed by atoms with Crippen molar-refractivity contribution < 1.29 is 0 Å². The van der Waals surface area contributed by atoms with Gasteiger partial charge in [0.25, 0.3) is 0 Å². The van der Waals surface area contributed by atoms with Crippen molar-refractivity contribution in [1.82, 2.24) is 10.2 Å². The molecule has 0 saturated carbocycles. The summed E-state index contributed by atoms with van der Waals surface area (Å²) in [6, 6.07) is 1.41. The second kappa shape index (κ2) is 7.29. The average Bonchev–Trinajstić information content (AvgIpc) is 2.74. The van der Waals surface area contributed by atoms with Gasteiger partial charge in [-0.3, -0.25) is 0 Å². The predicted octanol–water partition coefficient (Wildman–Crippen LogP) is 2.89. The Morgan fingerprint density at radius 1 is 1.31 bits per heavy atom. The minimum Gasteiger partial charge on any atom is -0.314 e. The molecule has 0 amide bonds. The first kappa shape index (κ1) is 14.0. The van der Waals surface area contributed by atoms with E-state index in [2.05, 4.69) is 37.9 Å². The molecule has 3 unspecified atom stereocenters. The first-order chi connectivity index (χ1) is 7.67. The zero-order valence-corrected chi connectivity index (χ0v) is 11.6. The Labute approximate surface area is 102 Å². The maximum Gasteiger partial charge on any atom is 0.00817 e. The molecule has 0 aliphatic carbocycles. The van der Waals surface area contributed by atoms with Crippen molar-refractivity contribution in [2.24, 2.45) is 5.92 Å². The van der Waals surface area contributed by atoms with Crippen molar-refractivity contribution in [1.29, 1.82) is 0 Å². The van der Waals surface area contributed by atoms with E-state index in [1.807, 2.05) is 0 Å². The summed E-state index contributed by atoms with van der Waals surface area (Å²) in [5.41, 5.74) is 0. The van der Waals surface area contributed by atoms with Crippen LogP contribution in [0.25, 0.3) is 0 Å². The van der Waals surface area contributed by atoms with Gasteiger partial charge in [-0.05, 0) is 52.1 Å². The fourth-order valence-corrected chi connectivity index (χ4v) is 2.73. The summed E-state index contributed by atoms with van der Waals surface area (Å²) in [6.07, 6.45) is 5.29. The largest absolute Gasteiger partial charge is 0.314 e. The van der Waals surface area contributed by atoms with Gasteiger partial charge >= 0.3 is 0 Å². The minimum atomic E-state index is 0.663. The van der Waals surface area contributed by atoms with Crippen LogP contribution >= 0.6 is 0 Å². The van der Waals surface area contributed by atoms with Crippen LogP contribution in [0.1, 0.15) is 53.4 Å². The second-order valence-corrected chi connectivity index (χ2v) is 5.50. The molecule has 1 heterocycles. The highest BCUT2D eigenvalue weighted by molar-refractivity contribution is 4.80. The third-order valence-corrected chi connectivity index (χ3v) is 3.96. The van der Waals surface area contributed by atoms with Gasteiger partial charge in [0.15, 0.2) is 0 Å². The van der Waals surface area contributed by atoms with E-state index in [1.165, 1.54) is 38.8 Å². The number of nitrogens with one attached hydrogen (secondary N) is 1. The van der Waals surface area contributed by atoms with E-state index >= 15 is 0 Å². The standard InChI is InChI=1S/C14H30N2/c1-5-8-15-12(3)10-13(4)16-9-7-14(6-2)11-16/h12-15H,5-11H2,1-4H3. The molecule has 1 aliphatic rings. The van der Waals surface area contributed by atoms with E-state index in [1.54, 1.807) is 0 Å². The number of rotatable bonds is 7. The van der Waals surface area contributed by atoms with E-state index in [9.17, 15) is 0 Å². The summed E-state index contributed by atoms with van der Waals surface area (Å²) in [6.45, 7) is 13.1. The first-order valence-corrected chi connectivity index (χ1v) is 7.14. The van der Waals surface area contributed by atoms with Crippen molar-refractivity contribution in [2.75, 3.05) is 19.6 Å². The van der Waals surface area contributed by atoms with E-state index in [0.29, 0.717) is 6.04 Å². The number of hydrogen-bond donors (Lipinski definition) is 1. The lowest BCUT2D eigenvalue weighted by atomic mass is 10.1. The Morgan fingerprint density at radius 2 is 2.06 bits per heavy atom. The van der Waals surface area contributed by atoms with Crippen LogP contribution in [0.2, 0.25) is 0 Å². The molecule has 1 fully saturated rings. The maximum absolute atomic E-state index is 3.59. The Kier molecular flexibility index (Phi) is 6.37. The predicted molar refractivity (Wildman–Crippen MR) is 71.8 cm³/mol. The quantitative estimate of drug-likeness (QED) is 0.718. The van der Waals surface area contributed by atoms with Crippen LogP contribution in [0.3, 0.4) is 0 Å². The molecule has 0 spiro atoms. The molecule has 3 atom stereocenters. The van der Waals surface area contributed by atoms with Crippen molar-refractivity contribution in [3.05, 3.63) is 0 Å². The van der Waals surface area contributed by atoms with Crippen LogP contribution in [0.15, 0.2) is 0 Å². The molecule has 0 aromatic rings. The normalized spacial score (nSPS) is 25.9. The van der Waals surface area contributed by atoms with Gasteiger partial charge in [-0.2, -0.15) is 0 Å². The number of likely N-dealkylation sites (tertiary alicyclic amines) is 1. The van der Waals surface area contributed by atoms with E-state index in [-0.39, 0.29) is 0 Å². The summed E-state index contributed by atoms with van der Waals surface area (Å²) in [4.78, 5) is 2.68. The maximum atomic E-state index is 3.59. The van der Waals surface area contributed by atoms with Crippen LogP contribution < -0.4 is 5.32 Å². The fourth-order valence-electron chi connectivity index (χ4n) is 2.73. The molecule has 1 N–H and O–H groups in total. The molecule has 0 radical (unpaired) electrons. The zero-order valence-electron chi connectivity index (χ0n) is 11.6. The third-order valence-electron chi connectivity index (χ3n) is 3.96. The highest BCUT2D eigenvalue weighted by atomic mass is 15.2. The minimum absolute atomic E-state index is 0.663. The lowest BCUT2D eigenvalue weighted by molar-refractivity contribution is 0.222. The van der Waals surface area contributed by atoms with Gasteiger partial charge in [0, 0.05) is 18.6 Å². The fraction of sp³-hybridized carbons (Fsp3) is 1.00. The van der Waals surface area contributed by atoms with E-state index in [0.717, 1.165) is 18.5 Å². The van der Waals surface area contributed by atoms with Crippen molar-refractivity contribution in [3.63, 3.8) is 0 Å². The van der Waals surface area contributed by atoms with Crippen LogP contribution in [-0.4, -0.2) is 36.6 Å². The molecule has 0 bridgehead atoms. The smallest absolute Gasteiger partial charge is 0.00817 e. The van der Waals surface area contributed by atoms with Gasteiger partial charge in [-0.1, -0.05) is 20.3 Å². The summed E-state index contributed by atoms with van der Waals surface area (Å²) in [5, 5.41) is 3.59. The topological polar surface area (TPSA) is 15.3 Å². The average molecular weight is 226 g/mol. The Bertz CT molecular complexity index is 182. The molecule has 1 saturated heterocycles. The highest BCUT2D eigenvalue weighted by Gasteiger charge is 2.25. The van der Waals surface area contributed by atoms with Crippen LogP contribution in [-0.2, 0) is 0 Å². The van der Waals surface area contributed by atoms with Crippen LogP contribution in [0, 0.1) is 5.92 Å². The van der Waals surface area contributed by atoms with Crippen LogP contribution in [0.5, 0.6) is 0 Å². The third kappa shape index (κ3) is 4.42. The van der Waals surface area contributed by atoms with Gasteiger partial charge in [-0.15, -0.1) is 0 Å². The van der Waals surface area contributed by atoms with Gasteiger partial charge in [-0.25, -0.2) is 0 Å². The molecular weight excluding hydrogens is 196 g/mol. The lowest BCUT2D eigenvalue weighted by Crippen LogP contribution is -2.37. The van der Waals surface area contributed by atoms with E-state index in [4.69, 9.17) is 0 Å². The molecule has 2 nitrogen and oxygen atoms in total. The molecule has 2 heteroatoms. The molecule has 0 aromatic heterocycles. The summed E-state index contributed by atoms with van der Waals surface area (Å²) in [7, 11) is 0. The van der Waals surface area contributed by atoms with Gasteiger partial charge < -0.3 is 10.2 Å². The van der Waals surface area contributed by atoms with Crippen LogP contribution in [0.4, 0.5) is 0 Å². The molecule has 1 rings (SSSR count). The molecule has 96 valence electrons.